The third kappa shape index (κ3) is 6.32. The first-order valence-corrected chi connectivity index (χ1v) is 9.68. The van der Waals surface area contributed by atoms with Crippen molar-refractivity contribution >= 4 is 29.9 Å². The predicted octanol–water partition coefficient (Wildman–Crippen LogP) is 3.80. The van der Waals surface area contributed by atoms with Crippen LogP contribution in [-0.4, -0.2) is 37.3 Å². The first-order valence-electron chi connectivity index (χ1n) is 9.68. The Morgan fingerprint density at radius 1 is 1.14 bits per heavy atom. The van der Waals surface area contributed by atoms with Crippen LogP contribution in [0.25, 0.3) is 0 Å². The molecule has 0 radical (unpaired) electrons. The molecule has 1 aliphatic carbocycles. The largest absolute Gasteiger partial charge is 0.493 e. The van der Waals surface area contributed by atoms with Crippen molar-refractivity contribution < 1.29 is 9.47 Å². The number of methoxy groups -OCH3 is 1. The van der Waals surface area contributed by atoms with E-state index in [2.05, 4.69) is 38.7 Å². The van der Waals surface area contributed by atoms with Gasteiger partial charge in [0.05, 0.1) is 13.2 Å². The Bertz CT molecular complexity index is 728. The Kier molecular flexibility index (Phi) is 9.46. The van der Waals surface area contributed by atoms with Crippen LogP contribution in [0.15, 0.2) is 47.7 Å². The molecule has 0 amide bonds. The number of nitrogens with zero attached hydrogens (tertiary/aromatic N) is 2. The van der Waals surface area contributed by atoms with Crippen LogP contribution >= 0.6 is 24.0 Å². The highest BCUT2D eigenvalue weighted by molar-refractivity contribution is 14.0. The highest BCUT2D eigenvalue weighted by Gasteiger charge is 2.20. The molecule has 0 spiro atoms. The number of para-hydroxylation sites is 1. The van der Waals surface area contributed by atoms with E-state index < -0.39 is 0 Å². The number of rotatable bonds is 8. The van der Waals surface area contributed by atoms with E-state index in [0.717, 1.165) is 49.0 Å². The van der Waals surface area contributed by atoms with E-state index in [1.54, 1.807) is 14.2 Å². The summed E-state index contributed by atoms with van der Waals surface area (Å²) in [4.78, 5) is 4.31. The fourth-order valence-corrected chi connectivity index (χ4v) is 3.39. The van der Waals surface area contributed by atoms with Crippen LogP contribution in [0.3, 0.4) is 0 Å². The lowest BCUT2D eigenvalue weighted by atomic mass is 10.1. The second-order valence-corrected chi connectivity index (χ2v) is 6.75. The molecule has 28 heavy (non-hydrogen) atoms. The molecular weight excluding hydrogens is 467 g/mol. The van der Waals surface area contributed by atoms with Gasteiger partial charge in [-0.05, 0) is 43.9 Å². The molecule has 0 atom stereocenters. The monoisotopic (exact) mass is 498 g/mol. The number of guanidine groups is 1. The topological polar surface area (TPSA) is 59.8 Å². The van der Waals surface area contributed by atoms with E-state index in [1.807, 2.05) is 24.3 Å². The van der Waals surface area contributed by atoms with Crippen molar-refractivity contribution in [2.24, 2.45) is 4.99 Å². The van der Waals surface area contributed by atoms with E-state index in [1.165, 1.54) is 12.8 Å². The van der Waals surface area contributed by atoms with Crippen molar-refractivity contribution in [1.29, 1.82) is 0 Å². The molecule has 2 N–H and O–H groups in total. The minimum atomic E-state index is 0. The van der Waals surface area contributed by atoms with Gasteiger partial charge in [0.15, 0.2) is 17.5 Å². The summed E-state index contributed by atoms with van der Waals surface area (Å²) >= 11 is 0. The normalized spacial score (nSPS) is 14.4. The Labute approximate surface area is 184 Å². The molecule has 7 heteroatoms. The SMILES string of the molecule is CN=C(NCCn1cccc1)NCc1cccc(OC)c1OC1CCCC1.I. The maximum atomic E-state index is 6.30. The lowest BCUT2D eigenvalue weighted by molar-refractivity contribution is 0.198. The van der Waals surface area contributed by atoms with Crippen molar-refractivity contribution in [3.8, 4) is 11.5 Å². The lowest BCUT2D eigenvalue weighted by Crippen LogP contribution is -2.38. The van der Waals surface area contributed by atoms with Crippen LogP contribution in [-0.2, 0) is 13.1 Å². The number of benzene rings is 1. The zero-order valence-electron chi connectivity index (χ0n) is 16.7. The lowest BCUT2D eigenvalue weighted by Gasteiger charge is -2.20. The van der Waals surface area contributed by atoms with Crippen LogP contribution in [0.2, 0.25) is 0 Å². The maximum absolute atomic E-state index is 6.30. The average Bonchev–Trinajstić information content (AvgIpc) is 3.39. The van der Waals surface area contributed by atoms with Gasteiger partial charge in [0, 0.05) is 44.6 Å². The highest BCUT2D eigenvalue weighted by Crippen LogP contribution is 2.34. The van der Waals surface area contributed by atoms with E-state index in [-0.39, 0.29) is 24.0 Å². The standard InChI is InChI=1S/C21H30N4O2.HI/c1-22-21(23-12-15-25-13-5-6-14-25)24-16-17-8-7-11-19(26-2)20(17)27-18-9-3-4-10-18;/h5-8,11,13-14,18H,3-4,9-10,12,15-16H2,1-2H3,(H2,22,23,24);1H. The van der Waals surface area contributed by atoms with Crippen LogP contribution < -0.4 is 20.1 Å². The molecule has 0 bridgehead atoms. The maximum Gasteiger partial charge on any atom is 0.191 e. The zero-order valence-corrected chi connectivity index (χ0v) is 19.0. The molecular formula is C21H31IN4O2. The van der Waals surface area contributed by atoms with E-state index in [0.29, 0.717) is 12.6 Å². The van der Waals surface area contributed by atoms with Crippen molar-refractivity contribution in [2.45, 2.75) is 44.9 Å². The molecule has 1 saturated carbocycles. The molecule has 1 aromatic carbocycles. The van der Waals surface area contributed by atoms with E-state index in [4.69, 9.17) is 9.47 Å². The molecule has 1 aromatic heterocycles. The van der Waals surface area contributed by atoms with Gasteiger partial charge >= 0.3 is 0 Å². The van der Waals surface area contributed by atoms with Crippen LogP contribution in [0.5, 0.6) is 11.5 Å². The first kappa shape index (κ1) is 22.4. The van der Waals surface area contributed by atoms with Crippen molar-refractivity contribution in [1.82, 2.24) is 15.2 Å². The highest BCUT2D eigenvalue weighted by atomic mass is 127. The minimum absolute atomic E-state index is 0. The quantitative estimate of drug-likeness (QED) is 0.330. The van der Waals surface area contributed by atoms with Gasteiger partial charge in [-0.1, -0.05) is 12.1 Å². The van der Waals surface area contributed by atoms with Crippen molar-refractivity contribution in [3.63, 3.8) is 0 Å². The molecule has 1 fully saturated rings. The molecule has 0 aliphatic heterocycles. The Morgan fingerprint density at radius 3 is 2.57 bits per heavy atom. The summed E-state index contributed by atoms with van der Waals surface area (Å²) in [6.45, 7) is 2.32. The summed E-state index contributed by atoms with van der Waals surface area (Å²) in [7, 11) is 3.47. The molecule has 0 saturated heterocycles. The van der Waals surface area contributed by atoms with Crippen LogP contribution in [0.4, 0.5) is 0 Å². The molecule has 0 unspecified atom stereocenters. The van der Waals surface area contributed by atoms with Gasteiger partial charge in [-0.25, -0.2) is 0 Å². The van der Waals surface area contributed by atoms with Gasteiger partial charge in [0.25, 0.3) is 0 Å². The summed E-state index contributed by atoms with van der Waals surface area (Å²) < 4.78 is 14.0. The second-order valence-electron chi connectivity index (χ2n) is 6.75. The summed E-state index contributed by atoms with van der Waals surface area (Å²) in [5.74, 6) is 2.41. The summed E-state index contributed by atoms with van der Waals surface area (Å²) in [6.07, 6.45) is 9.12. The minimum Gasteiger partial charge on any atom is -0.493 e. The van der Waals surface area contributed by atoms with Gasteiger partial charge in [-0.2, -0.15) is 0 Å². The fourth-order valence-electron chi connectivity index (χ4n) is 3.39. The molecule has 1 heterocycles. The smallest absolute Gasteiger partial charge is 0.191 e. The van der Waals surface area contributed by atoms with Gasteiger partial charge in [0.2, 0.25) is 0 Å². The number of aliphatic imine (C=N–C) groups is 1. The third-order valence-electron chi connectivity index (χ3n) is 4.87. The van der Waals surface area contributed by atoms with Crippen LogP contribution in [0.1, 0.15) is 31.2 Å². The molecule has 154 valence electrons. The predicted molar refractivity (Wildman–Crippen MR) is 124 cm³/mol. The average molecular weight is 498 g/mol. The Morgan fingerprint density at radius 2 is 1.89 bits per heavy atom. The number of halogens is 1. The molecule has 6 nitrogen and oxygen atoms in total. The van der Waals surface area contributed by atoms with E-state index in [9.17, 15) is 0 Å². The molecule has 1 aliphatic rings. The second kappa shape index (κ2) is 11.8. The summed E-state index contributed by atoms with van der Waals surface area (Å²) in [5, 5.41) is 6.72. The van der Waals surface area contributed by atoms with Crippen LogP contribution in [0, 0.1) is 0 Å². The number of hydrogen-bond acceptors (Lipinski definition) is 3. The van der Waals surface area contributed by atoms with Crippen molar-refractivity contribution in [2.75, 3.05) is 20.7 Å². The number of nitrogens with one attached hydrogen (secondary N) is 2. The Balaban J connectivity index is 0.00000280. The van der Waals surface area contributed by atoms with E-state index >= 15 is 0 Å². The molecule has 2 aromatic rings. The Hall–Kier alpha value is -1.90. The molecule has 3 rings (SSSR count). The number of ether oxygens (including phenoxy) is 2. The van der Waals surface area contributed by atoms with Crippen molar-refractivity contribution in [3.05, 3.63) is 48.3 Å². The first-order chi connectivity index (χ1) is 13.3. The number of aromatic nitrogens is 1. The van der Waals surface area contributed by atoms with Gasteiger partial charge < -0.3 is 24.7 Å². The van der Waals surface area contributed by atoms with Gasteiger partial charge in [0.1, 0.15) is 0 Å². The number of hydrogen-bond donors (Lipinski definition) is 2. The fraction of sp³-hybridized carbons (Fsp3) is 0.476. The van der Waals surface area contributed by atoms with Gasteiger partial charge in [-0.3, -0.25) is 4.99 Å². The zero-order chi connectivity index (χ0) is 18.9. The third-order valence-corrected chi connectivity index (χ3v) is 4.87. The van der Waals surface area contributed by atoms with Gasteiger partial charge in [-0.15, -0.1) is 24.0 Å². The summed E-state index contributed by atoms with van der Waals surface area (Å²) in [5.41, 5.74) is 1.08. The summed E-state index contributed by atoms with van der Waals surface area (Å²) in [6, 6.07) is 10.1.